The molecule has 0 radical (unpaired) electrons. The van der Waals surface area contributed by atoms with Gasteiger partial charge in [-0.1, -0.05) is 73.1 Å². The Balaban J connectivity index is 0.00000139. The lowest BCUT2D eigenvalue weighted by Crippen LogP contribution is -2.58. The van der Waals surface area contributed by atoms with Crippen LogP contribution in [0.5, 0.6) is 17.2 Å². The summed E-state index contributed by atoms with van der Waals surface area (Å²) < 4.78 is 11.7. The van der Waals surface area contributed by atoms with Crippen molar-refractivity contribution in [1.29, 1.82) is 0 Å². The second-order valence-electron chi connectivity index (χ2n) is 14.4. The number of benzene rings is 3. The molecule has 11 heteroatoms. The summed E-state index contributed by atoms with van der Waals surface area (Å²) in [6.45, 7) is 23.6. The zero-order valence-electron chi connectivity index (χ0n) is 32.9. The van der Waals surface area contributed by atoms with E-state index in [1.165, 1.54) is 6.42 Å². The highest BCUT2D eigenvalue weighted by Crippen LogP contribution is 2.40. The number of aliphatic imine (C=N–C) groups is 1. The minimum atomic E-state index is -0.695. The summed E-state index contributed by atoms with van der Waals surface area (Å²) in [7, 11) is 0. The minimum Gasteiger partial charge on any atom is -0.508 e. The van der Waals surface area contributed by atoms with Crippen LogP contribution < -0.4 is 9.75 Å². The van der Waals surface area contributed by atoms with Gasteiger partial charge in [-0.3, -0.25) is 0 Å². The Morgan fingerprint density at radius 3 is 1.81 bits per heavy atom. The molecular weight excluding hydrogens is 658 g/mol. The van der Waals surface area contributed by atoms with Crippen LogP contribution in [0.3, 0.4) is 0 Å². The Labute approximate surface area is 310 Å². The van der Waals surface area contributed by atoms with Gasteiger partial charge in [0.15, 0.2) is 12.0 Å². The molecule has 0 aliphatic carbocycles. The number of amides is 3. The summed E-state index contributed by atoms with van der Waals surface area (Å²) in [4.78, 5) is 36.0. The van der Waals surface area contributed by atoms with Crippen LogP contribution in [0.15, 0.2) is 71.7 Å². The molecule has 2 heterocycles. The number of aromatic hydroxyl groups is 2. The maximum absolute atomic E-state index is 14.7. The molecule has 0 bridgehead atoms. The predicted molar refractivity (Wildman–Crippen MR) is 208 cm³/mol. The van der Waals surface area contributed by atoms with Gasteiger partial charge < -0.3 is 29.5 Å². The smallest absolute Gasteiger partial charge is 0.410 e. The normalized spacial score (nSPS) is 15.9. The van der Waals surface area contributed by atoms with Crippen LogP contribution in [0, 0.1) is 0 Å². The molecule has 1 unspecified atom stereocenters. The van der Waals surface area contributed by atoms with Crippen molar-refractivity contribution in [2.75, 3.05) is 37.8 Å². The third-order valence-electron chi connectivity index (χ3n) is 7.97. The van der Waals surface area contributed by atoms with Gasteiger partial charge in [0.05, 0.1) is 17.9 Å². The van der Waals surface area contributed by atoms with Crippen molar-refractivity contribution in [3.63, 3.8) is 0 Å². The number of nitrogens with zero attached hydrogens (tertiary/aromatic N) is 5. The van der Waals surface area contributed by atoms with Crippen molar-refractivity contribution in [3.05, 3.63) is 83.4 Å². The summed E-state index contributed by atoms with van der Waals surface area (Å²) >= 11 is 0. The van der Waals surface area contributed by atoms with E-state index < -0.39 is 17.9 Å². The van der Waals surface area contributed by atoms with Crippen molar-refractivity contribution in [2.45, 2.75) is 99.8 Å². The molecule has 2 aliphatic heterocycles. The van der Waals surface area contributed by atoms with Gasteiger partial charge in [0.25, 0.3) is 0 Å². The molecule has 0 aromatic heterocycles. The summed E-state index contributed by atoms with van der Waals surface area (Å²) in [5, 5.41) is 23.5. The average Bonchev–Trinajstić information content (AvgIpc) is 3.49. The van der Waals surface area contributed by atoms with E-state index >= 15 is 0 Å². The highest BCUT2D eigenvalue weighted by Gasteiger charge is 2.43. The number of ether oxygens (including phenoxy) is 2. The number of carbonyl (C=O) groups excluding carboxylic acids is 2. The Hall–Kier alpha value is -4.93. The van der Waals surface area contributed by atoms with E-state index in [0.717, 1.165) is 11.1 Å². The molecule has 284 valence electrons. The maximum Gasteiger partial charge on any atom is 0.410 e. The van der Waals surface area contributed by atoms with Crippen molar-refractivity contribution in [2.24, 2.45) is 4.99 Å². The Kier molecular flexibility index (Phi) is 14.4. The Bertz CT molecular complexity index is 1640. The number of hydrogen-bond acceptors (Lipinski definition) is 8. The van der Waals surface area contributed by atoms with Crippen LogP contribution >= 0.6 is 0 Å². The topological polar surface area (TPSA) is 118 Å². The highest BCUT2D eigenvalue weighted by molar-refractivity contribution is 6.11. The molecule has 0 spiro atoms. The van der Waals surface area contributed by atoms with E-state index in [4.69, 9.17) is 14.5 Å². The van der Waals surface area contributed by atoms with Gasteiger partial charge in [-0.15, -0.1) is 0 Å². The molecule has 1 saturated heterocycles. The number of hydrazine groups is 1. The molecule has 3 aromatic carbocycles. The van der Waals surface area contributed by atoms with Crippen molar-refractivity contribution >= 4 is 23.6 Å². The van der Waals surface area contributed by atoms with E-state index in [1.807, 2.05) is 59.7 Å². The van der Waals surface area contributed by atoms with E-state index in [-0.39, 0.29) is 36.0 Å². The lowest BCUT2D eigenvalue weighted by atomic mass is 9.86. The number of carbonyl (C=O) groups is 2. The molecule has 2 aliphatic rings. The first-order valence-corrected chi connectivity index (χ1v) is 18.4. The molecule has 2 N–H and O–H groups in total. The third kappa shape index (κ3) is 10.3. The lowest BCUT2D eigenvalue weighted by Gasteiger charge is -2.40. The monoisotopic (exact) mass is 717 g/mol. The van der Waals surface area contributed by atoms with Crippen LogP contribution in [0.4, 0.5) is 15.3 Å². The molecule has 3 aromatic rings. The minimum absolute atomic E-state index is 0.0859. The fourth-order valence-electron chi connectivity index (χ4n) is 5.52. The van der Waals surface area contributed by atoms with Crippen LogP contribution in [-0.2, 0) is 10.2 Å². The van der Waals surface area contributed by atoms with Crippen LogP contribution in [0.2, 0.25) is 0 Å². The molecule has 11 nitrogen and oxygen atoms in total. The van der Waals surface area contributed by atoms with Gasteiger partial charge >= 0.3 is 12.1 Å². The van der Waals surface area contributed by atoms with Crippen LogP contribution in [0.25, 0.3) is 0 Å². The number of rotatable bonds is 5. The van der Waals surface area contributed by atoms with E-state index in [9.17, 15) is 19.8 Å². The van der Waals surface area contributed by atoms with Crippen molar-refractivity contribution < 1.29 is 29.3 Å². The van der Waals surface area contributed by atoms with E-state index in [1.54, 1.807) is 68.3 Å². The predicted octanol–water partition coefficient (Wildman–Crippen LogP) is 9.09. The first-order valence-electron chi connectivity index (χ1n) is 18.4. The molecule has 52 heavy (non-hydrogen) atoms. The Morgan fingerprint density at radius 2 is 1.31 bits per heavy atom. The quantitative estimate of drug-likeness (QED) is 0.270. The van der Waals surface area contributed by atoms with Gasteiger partial charge in [-0.2, -0.15) is 5.01 Å². The third-order valence-corrected chi connectivity index (χ3v) is 7.97. The maximum atomic E-state index is 14.7. The summed E-state index contributed by atoms with van der Waals surface area (Å²) in [5.41, 5.74) is 2.31. The number of amidine groups is 1. The molecule has 1 fully saturated rings. The molecule has 3 amide bonds. The first kappa shape index (κ1) is 41.5. The SMILES string of the molecule is CC.CCC.CCOc1cc(C(C)(C)C)ccc1C1=NC(c2ccc(O)cc2)N(c2ccc(O)cc2)N1C(=O)N1CCN(C(=O)OC(C)(C)C)CC1. The first-order chi connectivity index (χ1) is 24.6. The fraction of sp³-hybridized carbons (Fsp3) is 0.488. The van der Waals surface area contributed by atoms with Crippen LogP contribution in [-0.4, -0.2) is 81.4 Å². The zero-order chi connectivity index (χ0) is 38.8. The summed E-state index contributed by atoms with van der Waals surface area (Å²) in [6.07, 6.45) is 0.144. The van der Waals surface area contributed by atoms with Crippen molar-refractivity contribution in [1.82, 2.24) is 14.8 Å². The second-order valence-corrected chi connectivity index (χ2v) is 14.4. The molecule has 0 saturated carbocycles. The van der Waals surface area contributed by atoms with Gasteiger partial charge in [0.1, 0.15) is 22.8 Å². The van der Waals surface area contributed by atoms with Crippen LogP contribution in [0.1, 0.15) is 105 Å². The number of anilines is 1. The fourth-order valence-corrected chi connectivity index (χ4v) is 5.52. The second kappa shape index (κ2) is 18.0. The van der Waals surface area contributed by atoms with E-state index in [2.05, 4.69) is 34.6 Å². The Morgan fingerprint density at radius 1 is 0.788 bits per heavy atom. The highest BCUT2D eigenvalue weighted by atomic mass is 16.6. The number of piperazine rings is 1. The molecule has 1 atom stereocenters. The molecule has 5 rings (SSSR count). The largest absolute Gasteiger partial charge is 0.508 e. The number of phenols is 2. The lowest BCUT2D eigenvalue weighted by molar-refractivity contribution is 0.0162. The van der Waals surface area contributed by atoms with E-state index in [0.29, 0.717) is 42.5 Å². The standard InChI is InChI=1S/C36H45N5O6.C3H8.C2H6/c1-8-46-30-23-25(35(2,3)4)11-18-29(30)32-37-31(24-9-14-27(42)15-10-24)40(26-12-16-28(43)17-13-26)41(32)33(44)38-19-21-39(22-20-38)34(45)47-36(5,6)7;1-3-2;1-2/h9-18,23,31,42-43H,8,19-22H2,1-7H3;3H2,1-2H3;1-2H3. The molecular formula is C41H59N5O6. The number of phenolic OH excluding ortho intramolecular Hbond substituents is 2. The van der Waals surface area contributed by atoms with Gasteiger partial charge in [-0.25, -0.2) is 19.6 Å². The number of hydrogen-bond donors (Lipinski definition) is 2. The average molecular weight is 718 g/mol. The number of urea groups is 1. The van der Waals surface area contributed by atoms with Gasteiger partial charge in [0, 0.05) is 26.2 Å². The van der Waals surface area contributed by atoms with Gasteiger partial charge in [-0.05, 0) is 92.8 Å². The zero-order valence-corrected chi connectivity index (χ0v) is 32.9. The van der Waals surface area contributed by atoms with Crippen molar-refractivity contribution in [3.8, 4) is 17.2 Å². The van der Waals surface area contributed by atoms with Gasteiger partial charge in [0.2, 0.25) is 0 Å². The summed E-state index contributed by atoms with van der Waals surface area (Å²) in [6, 6.07) is 18.9. The summed E-state index contributed by atoms with van der Waals surface area (Å²) in [5.74, 6) is 1.19.